The summed E-state index contributed by atoms with van der Waals surface area (Å²) in [5.74, 6) is -4.55. The molecule has 132 valence electrons. The molecule has 0 fully saturated rings. The molecule has 7 heteroatoms. The third kappa shape index (κ3) is 5.34. The van der Waals surface area contributed by atoms with E-state index in [-0.39, 0.29) is 6.42 Å². The fourth-order valence-electron chi connectivity index (χ4n) is 2.31. The van der Waals surface area contributed by atoms with Crippen LogP contribution in [0.3, 0.4) is 0 Å². The molecular formula is C18H16F3NO3. The largest absolute Gasteiger partial charge is 0.481 e. The van der Waals surface area contributed by atoms with Crippen molar-refractivity contribution in [2.45, 2.75) is 12.6 Å². The highest BCUT2D eigenvalue weighted by Gasteiger charge is 2.39. The van der Waals surface area contributed by atoms with Crippen LogP contribution in [0.25, 0.3) is 11.1 Å². The van der Waals surface area contributed by atoms with Gasteiger partial charge in [-0.05, 0) is 23.1 Å². The summed E-state index contributed by atoms with van der Waals surface area (Å²) in [6, 6.07) is 16.6. The van der Waals surface area contributed by atoms with Crippen LogP contribution >= 0.6 is 0 Å². The van der Waals surface area contributed by atoms with E-state index >= 15 is 0 Å². The Hall–Kier alpha value is -2.83. The minimum Gasteiger partial charge on any atom is -0.481 e. The van der Waals surface area contributed by atoms with Crippen molar-refractivity contribution < 1.29 is 27.9 Å². The first-order valence-corrected chi connectivity index (χ1v) is 7.49. The number of nitrogens with one attached hydrogen (secondary N) is 1. The van der Waals surface area contributed by atoms with E-state index < -0.39 is 30.5 Å². The number of carboxylic acids is 1. The standard InChI is InChI=1S/C18H16F3NO3/c19-18(20,21)17(25)22-11-15(16(23)24)10-12-6-8-14(9-7-12)13-4-2-1-3-5-13/h1-9,15H,10-11H2,(H,22,25)(H,23,24). The molecule has 0 radical (unpaired) electrons. The number of hydrogen-bond donors (Lipinski definition) is 2. The van der Waals surface area contributed by atoms with E-state index in [0.717, 1.165) is 11.1 Å². The zero-order chi connectivity index (χ0) is 18.4. The molecule has 0 heterocycles. The third-order valence-electron chi connectivity index (χ3n) is 3.66. The molecule has 2 rings (SSSR count). The van der Waals surface area contributed by atoms with Crippen molar-refractivity contribution in [1.29, 1.82) is 0 Å². The van der Waals surface area contributed by atoms with Crippen molar-refractivity contribution in [2.75, 3.05) is 6.54 Å². The fourth-order valence-corrected chi connectivity index (χ4v) is 2.31. The highest BCUT2D eigenvalue weighted by molar-refractivity contribution is 5.82. The highest BCUT2D eigenvalue weighted by atomic mass is 19.4. The van der Waals surface area contributed by atoms with Gasteiger partial charge in [-0.15, -0.1) is 0 Å². The first-order chi connectivity index (χ1) is 11.8. The Morgan fingerprint density at radius 3 is 2.04 bits per heavy atom. The number of carboxylic acid groups (broad SMARTS) is 1. The first kappa shape index (κ1) is 18.5. The van der Waals surface area contributed by atoms with Gasteiger partial charge in [0.2, 0.25) is 0 Å². The molecule has 0 aromatic heterocycles. The van der Waals surface area contributed by atoms with Crippen LogP contribution in [0, 0.1) is 5.92 Å². The molecule has 25 heavy (non-hydrogen) atoms. The molecule has 1 unspecified atom stereocenters. The Bertz CT molecular complexity index is 727. The molecule has 2 N–H and O–H groups in total. The topological polar surface area (TPSA) is 66.4 Å². The lowest BCUT2D eigenvalue weighted by molar-refractivity contribution is -0.174. The number of carbonyl (C=O) groups is 2. The number of benzene rings is 2. The molecule has 0 saturated carbocycles. The van der Waals surface area contributed by atoms with Gasteiger partial charge in [-0.2, -0.15) is 13.2 Å². The quantitative estimate of drug-likeness (QED) is 0.839. The van der Waals surface area contributed by atoms with E-state index in [1.807, 2.05) is 42.5 Å². The number of rotatable bonds is 6. The van der Waals surface area contributed by atoms with Gasteiger partial charge in [0, 0.05) is 6.54 Å². The van der Waals surface area contributed by atoms with Crippen molar-refractivity contribution >= 4 is 11.9 Å². The summed E-state index contributed by atoms with van der Waals surface area (Å²) in [5, 5.41) is 10.8. The van der Waals surface area contributed by atoms with E-state index in [0.29, 0.717) is 5.56 Å². The molecule has 0 aliphatic carbocycles. The number of carbonyl (C=O) groups excluding carboxylic acids is 1. The lowest BCUT2D eigenvalue weighted by Crippen LogP contribution is -2.41. The maximum absolute atomic E-state index is 12.2. The number of alkyl halides is 3. The lowest BCUT2D eigenvalue weighted by atomic mass is 9.97. The lowest BCUT2D eigenvalue weighted by Gasteiger charge is -2.15. The van der Waals surface area contributed by atoms with Gasteiger partial charge in [0.05, 0.1) is 5.92 Å². The molecule has 1 amide bonds. The summed E-state index contributed by atoms with van der Waals surface area (Å²) in [7, 11) is 0. The summed E-state index contributed by atoms with van der Waals surface area (Å²) >= 11 is 0. The number of hydrogen-bond acceptors (Lipinski definition) is 2. The second-order valence-electron chi connectivity index (χ2n) is 5.51. The fraction of sp³-hybridized carbons (Fsp3) is 0.222. The second-order valence-corrected chi connectivity index (χ2v) is 5.51. The summed E-state index contributed by atoms with van der Waals surface area (Å²) in [5.41, 5.74) is 2.61. The van der Waals surface area contributed by atoms with E-state index in [9.17, 15) is 22.8 Å². The van der Waals surface area contributed by atoms with E-state index in [1.165, 1.54) is 0 Å². The molecule has 2 aromatic rings. The van der Waals surface area contributed by atoms with E-state index in [2.05, 4.69) is 0 Å². The van der Waals surface area contributed by atoms with Gasteiger partial charge in [-0.25, -0.2) is 0 Å². The molecule has 0 aliphatic heterocycles. The number of aliphatic carboxylic acids is 1. The minimum absolute atomic E-state index is 0.0164. The average Bonchev–Trinajstić information content (AvgIpc) is 2.58. The molecule has 0 spiro atoms. The van der Waals surface area contributed by atoms with Crippen molar-refractivity contribution in [3.63, 3.8) is 0 Å². The predicted molar refractivity (Wildman–Crippen MR) is 85.8 cm³/mol. The Balaban J connectivity index is 2.02. The van der Waals surface area contributed by atoms with Gasteiger partial charge in [-0.1, -0.05) is 54.6 Å². The predicted octanol–water partition coefficient (Wildman–Crippen LogP) is 3.28. The number of amides is 1. The van der Waals surface area contributed by atoms with Crippen molar-refractivity contribution in [3.05, 3.63) is 60.2 Å². The smallest absolute Gasteiger partial charge is 0.471 e. The molecule has 0 bridgehead atoms. The van der Waals surface area contributed by atoms with Crippen LogP contribution in [-0.4, -0.2) is 29.7 Å². The zero-order valence-electron chi connectivity index (χ0n) is 13.1. The Kier molecular flexibility index (Phi) is 5.80. The van der Waals surface area contributed by atoms with Crippen LogP contribution < -0.4 is 5.32 Å². The van der Waals surface area contributed by atoms with Crippen molar-refractivity contribution in [1.82, 2.24) is 5.32 Å². The maximum Gasteiger partial charge on any atom is 0.471 e. The Morgan fingerprint density at radius 2 is 1.52 bits per heavy atom. The molecule has 0 aliphatic rings. The van der Waals surface area contributed by atoms with Gasteiger partial charge in [0.25, 0.3) is 0 Å². The van der Waals surface area contributed by atoms with Crippen LogP contribution in [0.4, 0.5) is 13.2 Å². The highest BCUT2D eigenvalue weighted by Crippen LogP contribution is 2.20. The molecule has 2 aromatic carbocycles. The molecule has 4 nitrogen and oxygen atoms in total. The monoisotopic (exact) mass is 351 g/mol. The van der Waals surface area contributed by atoms with Crippen LogP contribution in [0.2, 0.25) is 0 Å². The second kappa shape index (κ2) is 7.83. The summed E-state index contributed by atoms with van der Waals surface area (Å²) < 4.78 is 36.5. The van der Waals surface area contributed by atoms with Crippen LogP contribution in [-0.2, 0) is 16.0 Å². The van der Waals surface area contributed by atoms with Gasteiger partial charge in [0.1, 0.15) is 0 Å². The van der Waals surface area contributed by atoms with Gasteiger partial charge >= 0.3 is 18.1 Å². The normalized spacial score (nSPS) is 12.4. The first-order valence-electron chi connectivity index (χ1n) is 7.49. The van der Waals surface area contributed by atoms with Crippen LogP contribution in [0.1, 0.15) is 5.56 Å². The van der Waals surface area contributed by atoms with Crippen LogP contribution in [0.15, 0.2) is 54.6 Å². The van der Waals surface area contributed by atoms with E-state index in [4.69, 9.17) is 5.11 Å². The summed E-state index contributed by atoms with van der Waals surface area (Å²) in [4.78, 5) is 22.0. The Labute approximate surface area is 142 Å². The average molecular weight is 351 g/mol. The number of halogens is 3. The van der Waals surface area contributed by atoms with Crippen LogP contribution in [0.5, 0.6) is 0 Å². The maximum atomic E-state index is 12.2. The van der Waals surface area contributed by atoms with Gasteiger partial charge in [0.15, 0.2) is 0 Å². The Morgan fingerprint density at radius 1 is 0.960 bits per heavy atom. The SMILES string of the molecule is O=C(O)C(CNC(=O)C(F)(F)F)Cc1ccc(-c2ccccc2)cc1. The van der Waals surface area contributed by atoms with Gasteiger partial charge in [-0.3, -0.25) is 9.59 Å². The molecule has 1 atom stereocenters. The summed E-state index contributed by atoms with van der Waals surface area (Å²) in [6.45, 7) is -0.589. The van der Waals surface area contributed by atoms with Gasteiger partial charge < -0.3 is 10.4 Å². The molecular weight excluding hydrogens is 335 g/mol. The van der Waals surface area contributed by atoms with Crippen molar-refractivity contribution in [2.24, 2.45) is 5.92 Å². The third-order valence-corrected chi connectivity index (χ3v) is 3.66. The van der Waals surface area contributed by atoms with E-state index in [1.54, 1.807) is 17.4 Å². The molecule has 0 saturated heterocycles. The van der Waals surface area contributed by atoms with Crippen molar-refractivity contribution in [3.8, 4) is 11.1 Å². The zero-order valence-corrected chi connectivity index (χ0v) is 13.1. The summed E-state index contributed by atoms with van der Waals surface area (Å²) in [6.07, 6.45) is -5.01. The minimum atomic E-state index is -5.03.